The zero-order valence-corrected chi connectivity index (χ0v) is 10.3. The van der Waals surface area contributed by atoms with Crippen LogP contribution in [0.1, 0.15) is 25.8 Å². The summed E-state index contributed by atoms with van der Waals surface area (Å²) in [5, 5.41) is 9.14. The van der Waals surface area contributed by atoms with Gasteiger partial charge >= 0.3 is 0 Å². The number of rotatable bonds is 4. The summed E-state index contributed by atoms with van der Waals surface area (Å²) in [6, 6.07) is 7.47. The van der Waals surface area contributed by atoms with Crippen molar-refractivity contribution >= 4 is 15.9 Å². The minimum atomic E-state index is 0.340. The van der Waals surface area contributed by atoms with Gasteiger partial charge < -0.3 is 5.11 Å². The Morgan fingerprint density at radius 1 is 1.29 bits per heavy atom. The Morgan fingerprint density at radius 3 is 2.36 bits per heavy atom. The van der Waals surface area contributed by atoms with Gasteiger partial charge in [-0.15, -0.1) is 0 Å². The lowest BCUT2D eigenvalue weighted by Crippen LogP contribution is -2.12. The van der Waals surface area contributed by atoms with E-state index >= 15 is 0 Å². The monoisotopic (exact) mass is 256 g/mol. The normalized spacial score (nSPS) is 15.1. The molecular formula is C12H17BrO. The Morgan fingerprint density at radius 2 is 1.86 bits per heavy atom. The van der Waals surface area contributed by atoms with E-state index in [-0.39, 0.29) is 0 Å². The summed E-state index contributed by atoms with van der Waals surface area (Å²) >= 11 is 3.66. The lowest BCUT2D eigenvalue weighted by atomic mass is 9.97. The molecule has 2 unspecified atom stereocenters. The molecule has 2 heteroatoms. The van der Waals surface area contributed by atoms with Crippen molar-refractivity contribution in [2.75, 3.05) is 0 Å². The molecule has 0 aliphatic heterocycles. The molecule has 0 aliphatic rings. The van der Waals surface area contributed by atoms with Crippen LogP contribution in [0.3, 0.4) is 0 Å². The Labute approximate surface area is 94.3 Å². The third kappa shape index (κ3) is 3.33. The highest BCUT2D eigenvalue weighted by Gasteiger charge is 2.12. The molecule has 0 aromatic heterocycles. The predicted octanol–water partition coefficient (Wildman–Crippen LogP) is 3.74. The highest BCUT2D eigenvalue weighted by Crippen LogP contribution is 2.21. The Kier molecular flexibility index (Phi) is 4.46. The molecule has 0 bridgehead atoms. The van der Waals surface area contributed by atoms with E-state index in [0.717, 1.165) is 12.8 Å². The zero-order chi connectivity index (χ0) is 10.6. The predicted molar refractivity (Wildman–Crippen MR) is 64.0 cm³/mol. The van der Waals surface area contributed by atoms with E-state index in [0.29, 0.717) is 16.5 Å². The quantitative estimate of drug-likeness (QED) is 0.814. The van der Waals surface area contributed by atoms with Gasteiger partial charge in [0.15, 0.2) is 0 Å². The molecule has 0 amide bonds. The second-order valence-corrected chi connectivity index (χ2v) is 4.95. The third-order valence-electron chi connectivity index (χ3n) is 2.50. The van der Waals surface area contributed by atoms with Gasteiger partial charge in [-0.3, -0.25) is 0 Å². The summed E-state index contributed by atoms with van der Waals surface area (Å²) in [7, 11) is 0. The fourth-order valence-corrected chi connectivity index (χ4v) is 1.72. The third-order valence-corrected chi connectivity index (χ3v) is 4.05. The molecule has 0 saturated heterocycles. The molecule has 78 valence electrons. The average Bonchev–Trinajstić information content (AvgIpc) is 2.20. The molecule has 1 N–H and O–H groups in total. The molecule has 1 nitrogen and oxygen atoms in total. The largest absolute Gasteiger partial charge is 0.508 e. The first-order valence-corrected chi connectivity index (χ1v) is 5.97. The van der Waals surface area contributed by atoms with Crippen LogP contribution < -0.4 is 0 Å². The number of halogens is 1. The standard InChI is InChI=1S/C12H17BrO/c1-3-12(13)9(2)8-10-4-6-11(14)7-5-10/h4-7,9,12,14H,3,8H2,1-2H3. The fraction of sp³-hybridized carbons (Fsp3) is 0.500. The molecule has 14 heavy (non-hydrogen) atoms. The van der Waals surface area contributed by atoms with Crippen molar-refractivity contribution in [3.63, 3.8) is 0 Å². The number of benzene rings is 1. The van der Waals surface area contributed by atoms with E-state index in [9.17, 15) is 0 Å². The van der Waals surface area contributed by atoms with Crippen molar-refractivity contribution in [2.45, 2.75) is 31.5 Å². The summed E-state index contributed by atoms with van der Waals surface area (Å²) in [5.41, 5.74) is 1.29. The lowest BCUT2D eigenvalue weighted by Gasteiger charge is -2.16. The molecule has 0 aliphatic carbocycles. The van der Waals surface area contributed by atoms with E-state index in [1.54, 1.807) is 12.1 Å². The van der Waals surface area contributed by atoms with Gasteiger partial charge in [-0.25, -0.2) is 0 Å². The molecule has 1 rings (SSSR count). The first-order valence-electron chi connectivity index (χ1n) is 5.05. The van der Waals surface area contributed by atoms with Crippen molar-refractivity contribution in [1.82, 2.24) is 0 Å². The highest BCUT2D eigenvalue weighted by molar-refractivity contribution is 9.09. The minimum Gasteiger partial charge on any atom is -0.508 e. The molecule has 0 spiro atoms. The van der Waals surface area contributed by atoms with Crippen LogP contribution in [0.4, 0.5) is 0 Å². The molecule has 1 aromatic carbocycles. The van der Waals surface area contributed by atoms with Gasteiger partial charge in [-0.1, -0.05) is 41.9 Å². The molecule has 0 fully saturated rings. The van der Waals surface area contributed by atoms with E-state index in [4.69, 9.17) is 5.11 Å². The van der Waals surface area contributed by atoms with Crippen LogP contribution in [0.25, 0.3) is 0 Å². The van der Waals surface area contributed by atoms with Gasteiger partial charge in [0.05, 0.1) is 0 Å². The second kappa shape index (κ2) is 5.40. The van der Waals surface area contributed by atoms with Crippen molar-refractivity contribution < 1.29 is 5.11 Å². The van der Waals surface area contributed by atoms with Crippen LogP contribution >= 0.6 is 15.9 Å². The minimum absolute atomic E-state index is 0.340. The van der Waals surface area contributed by atoms with Crippen LogP contribution in [0.5, 0.6) is 5.75 Å². The maximum Gasteiger partial charge on any atom is 0.115 e. The van der Waals surface area contributed by atoms with Gasteiger partial charge in [-0.05, 0) is 36.5 Å². The van der Waals surface area contributed by atoms with Crippen LogP contribution in [0, 0.1) is 5.92 Å². The smallest absolute Gasteiger partial charge is 0.115 e. The first-order chi connectivity index (χ1) is 6.63. The highest BCUT2D eigenvalue weighted by atomic mass is 79.9. The van der Waals surface area contributed by atoms with Crippen LogP contribution in [-0.4, -0.2) is 9.93 Å². The number of phenols is 1. The van der Waals surface area contributed by atoms with E-state index in [1.165, 1.54) is 5.56 Å². The topological polar surface area (TPSA) is 20.2 Å². The number of alkyl halides is 1. The summed E-state index contributed by atoms with van der Waals surface area (Å²) in [5.74, 6) is 0.969. The Balaban J connectivity index is 2.56. The SMILES string of the molecule is CCC(Br)C(C)Cc1ccc(O)cc1. The maximum absolute atomic E-state index is 9.14. The average molecular weight is 257 g/mol. The number of phenolic OH excluding ortho intramolecular Hbond substituents is 1. The van der Waals surface area contributed by atoms with Crippen molar-refractivity contribution in [2.24, 2.45) is 5.92 Å². The zero-order valence-electron chi connectivity index (χ0n) is 8.70. The van der Waals surface area contributed by atoms with E-state index in [2.05, 4.69) is 29.8 Å². The van der Waals surface area contributed by atoms with Gasteiger partial charge in [0.1, 0.15) is 5.75 Å². The van der Waals surface area contributed by atoms with E-state index < -0.39 is 0 Å². The molecule has 0 saturated carbocycles. The summed E-state index contributed by atoms with van der Waals surface area (Å²) in [4.78, 5) is 0.580. The number of aromatic hydroxyl groups is 1. The maximum atomic E-state index is 9.14. The lowest BCUT2D eigenvalue weighted by molar-refractivity contribution is 0.474. The van der Waals surface area contributed by atoms with Crippen LogP contribution in [0.2, 0.25) is 0 Å². The molecule has 1 aromatic rings. The molecule has 0 heterocycles. The Hall–Kier alpha value is -0.500. The summed E-state index contributed by atoms with van der Waals surface area (Å²) in [6.45, 7) is 4.43. The van der Waals surface area contributed by atoms with E-state index in [1.807, 2.05) is 12.1 Å². The summed E-state index contributed by atoms with van der Waals surface area (Å²) < 4.78 is 0. The number of hydrogen-bond donors (Lipinski definition) is 1. The fourth-order valence-electron chi connectivity index (χ4n) is 1.53. The van der Waals surface area contributed by atoms with Gasteiger partial charge in [-0.2, -0.15) is 0 Å². The summed E-state index contributed by atoms with van der Waals surface area (Å²) in [6.07, 6.45) is 2.21. The van der Waals surface area contributed by atoms with Gasteiger partial charge in [0, 0.05) is 4.83 Å². The van der Waals surface area contributed by atoms with Crippen molar-refractivity contribution in [3.05, 3.63) is 29.8 Å². The van der Waals surface area contributed by atoms with Gasteiger partial charge in [0.2, 0.25) is 0 Å². The molecule has 2 atom stereocenters. The second-order valence-electron chi connectivity index (χ2n) is 3.77. The first kappa shape index (κ1) is 11.6. The molecular weight excluding hydrogens is 240 g/mol. The number of hydrogen-bond acceptors (Lipinski definition) is 1. The van der Waals surface area contributed by atoms with Crippen LogP contribution in [-0.2, 0) is 6.42 Å². The van der Waals surface area contributed by atoms with Crippen LogP contribution in [0.15, 0.2) is 24.3 Å². The molecule has 0 radical (unpaired) electrons. The van der Waals surface area contributed by atoms with Crippen molar-refractivity contribution in [1.29, 1.82) is 0 Å². The van der Waals surface area contributed by atoms with Gasteiger partial charge in [0.25, 0.3) is 0 Å². The van der Waals surface area contributed by atoms with Crippen molar-refractivity contribution in [3.8, 4) is 5.75 Å². The Bertz CT molecular complexity index is 268.